The molecule has 0 radical (unpaired) electrons. The van der Waals surface area contributed by atoms with Crippen molar-refractivity contribution in [1.29, 1.82) is 0 Å². The van der Waals surface area contributed by atoms with Crippen molar-refractivity contribution < 1.29 is 14.7 Å². The third-order valence-electron chi connectivity index (χ3n) is 2.33. The first-order valence-corrected chi connectivity index (χ1v) is 5.08. The fourth-order valence-electron chi connectivity index (χ4n) is 1.57. The lowest BCUT2D eigenvalue weighted by Gasteiger charge is -2.23. The highest BCUT2D eigenvalue weighted by molar-refractivity contribution is 7.13. The van der Waals surface area contributed by atoms with Crippen molar-refractivity contribution in [2.45, 2.75) is 6.42 Å². The Morgan fingerprint density at radius 3 is 3.00 bits per heavy atom. The van der Waals surface area contributed by atoms with Crippen molar-refractivity contribution in [3.05, 3.63) is 15.8 Å². The molecule has 0 saturated carbocycles. The Kier molecular flexibility index (Phi) is 2.03. The number of hydrogen-bond acceptors (Lipinski definition) is 4. The lowest BCUT2D eigenvalue weighted by atomic mass is 10.0. The van der Waals surface area contributed by atoms with Crippen molar-refractivity contribution in [2.75, 3.05) is 18.5 Å². The van der Waals surface area contributed by atoms with Gasteiger partial charge in [-0.2, -0.15) is 0 Å². The van der Waals surface area contributed by atoms with Crippen LogP contribution in [0.25, 0.3) is 0 Å². The van der Waals surface area contributed by atoms with Gasteiger partial charge in [0.05, 0.1) is 11.3 Å². The van der Waals surface area contributed by atoms with Gasteiger partial charge in [0.1, 0.15) is 4.88 Å². The molecule has 0 saturated heterocycles. The van der Waals surface area contributed by atoms with Crippen LogP contribution >= 0.6 is 11.3 Å². The van der Waals surface area contributed by atoms with Gasteiger partial charge in [0.15, 0.2) is 5.78 Å². The lowest BCUT2D eigenvalue weighted by Crippen LogP contribution is -2.28. The summed E-state index contributed by atoms with van der Waals surface area (Å²) in [7, 11) is 1.86. The minimum absolute atomic E-state index is 0.0586. The number of carbonyl (C=O) groups is 2. The second-order valence-corrected chi connectivity index (χ2v) is 4.10. The van der Waals surface area contributed by atoms with Crippen molar-refractivity contribution in [2.24, 2.45) is 0 Å². The summed E-state index contributed by atoms with van der Waals surface area (Å²) in [6.45, 7) is 0.668. The van der Waals surface area contributed by atoms with Crippen molar-refractivity contribution in [3.8, 4) is 0 Å². The monoisotopic (exact) mass is 211 g/mol. The number of nitrogens with zero attached hydrogens (tertiary/aromatic N) is 1. The molecule has 4 nitrogen and oxygen atoms in total. The van der Waals surface area contributed by atoms with Gasteiger partial charge in [-0.05, 0) is 0 Å². The number of ketones is 1. The molecule has 0 atom stereocenters. The highest BCUT2D eigenvalue weighted by Crippen LogP contribution is 2.33. The zero-order valence-electron chi connectivity index (χ0n) is 7.61. The normalized spacial score (nSPS) is 15.5. The van der Waals surface area contributed by atoms with E-state index >= 15 is 0 Å². The number of Topliss-reactive ketones (excluding diaryl/α,β-unsaturated/α-hetero) is 1. The average Bonchev–Trinajstić information content (AvgIpc) is 2.56. The minimum Gasteiger partial charge on any atom is -0.477 e. The van der Waals surface area contributed by atoms with Crippen LogP contribution in [0.3, 0.4) is 0 Å². The van der Waals surface area contributed by atoms with Crippen LogP contribution in [0.4, 0.5) is 5.69 Å². The summed E-state index contributed by atoms with van der Waals surface area (Å²) in [6, 6.07) is 0. The molecule has 0 bridgehead atoms. The molecule has 2 rings (SSSR count). The maximum absolute atomic E-state index is 11.5. The summed E-state index contributed by atoms with van der Waals surface area (Å²) < 4.78 is 0. The number of anilines is 1. The topological polar surface area (TPSA) is 57.6 Å². The molecule has 0 amide bonds. The number of rotatable bonds is 1. The van der Waals surface area contributed by atoms with E-state index in [9.17, 15) is 9.59 Å². The summed E-state index contributed by atoms with van der Waals surface area (Å²) in [5.74, 6) is -1.07. The van der Waals surface area contributed by atoms with E-state index in [1.807, 2.05) is 11.9 Å². The lowest BCUT2D eigenvalue weighted by molar-refractivity contribution is 0.0697. The maximum Gasteiger partial charge on any atom is 0.346 e. The molecule has 1 aliphatic heterocycles. The van der Waals surface area contributed by atoms with Crippen LogP contribution in [0.2, 0.25) is 0 Å². The van der Waals surface area contributed by atoms with Gasteiger partial charge in [-0.3, -0.25) is 4.79 Å². The van der Waals surface area contributed by atoms with Gasteiger partial charge in [-0.1, -0.05) is 0 Å². The molecule has 0 spiro atoms. The number of carboxylic acids is 1. The number of fused-ring (bicyclic) bond motifs is 1. The second-order valence-electron chi connectivity index (χ2n) is 3.22. The predicted molar refractivity (Wildman–Crippen MR) is 53.5 cm³/mol. The van der Waals surface area contributed by atoms with E-state index < -0.39 is 5.97 Å². The van der Waals surface area contributed by atoms with Gasteiger partial charge in [0.25, 0.3) is 0 Å². The zero-order chi connectivity index (χ0) is 10.3. The van der Waals surface area contributed by atoms with Crippen molar-refractivity contribution >= 4 is 28.8 Å². The average molecular weight is 211 g/mol. The highest BCUT2D eigenvalue weighted by Gasteiger charge is 2.28. The molecule has 14 heavy (non-hydrogen) atoms. The highest BCUT2D eigenvalue weighted by atomic mass is 32.1. The predicted octanol–water partition coefficient (Wildman–Crippen LogP) is 1.47. The van der Waals surface area contributed by atoms with E-state index in [0.29, 0.717) is 18.5 Å². The van der Waals surface area contributed by atoms with Crippen LogP contribution in [0, 0.1) is 0 Å². The van der Waals surface area contributed by atoms with Gasteiger partial charge in [0.2, 0.25) is 0 Å². The molecule has 5 heteroatoms. The Morgan fingerprint density at radius 2 is 2.36 bits per heavy atom. The van der Waals surface area contributed by atoms with Crippen LogP contribution < -0.4 is 4.90 Å². The SMILES string of the molecule is CN1CCC(=O)c2c1csc2C(=O)O. The van der Waals surface area contributed by atoms with Gasteiger partial charge in [0, 0.05) is 25.4 Å². The van der Waals surface area contributed by atoms with Gasteiger partial charge in [-0.15, -0.1) is 11.3 Å². The van der Waals surface area contributed by atoms with Crippen molar-refractivity contribution in [1.82, 2.24) is 0 Å². The van der Waals surface area contributed by atoms with Crippen LogP contribution in [-0.4, -0.2) is 30.5 Å². The number of hydrogen-bond donors (Lipinski definition) is 1. The van der Waals surface area contributed by atoms with E-state index in [1.54, 1.807) is 5.38 Å². The number of aromatic carboxylic acids is 1. The molecule has 0 aliphatic carbocycles. The fourth-order valence-corrected chi connectivity index (χ4v) is 2.54. The number of carbonyl (C=O) groups excluding carboxylic acids is 1. The molecule has 0 aromatic carbocycles. The van der Waals surface area contributed by atoms with E-state index in [0.717, 1.165) is 17.0 Å². The summed E-state index contributed by atoms with van der Waals surface area (Å²) in [5, 5.41) is 10.6. The molecule has 0 fully saturated rings. The van der Waals surface area contributed by atoms with Crippen molar-refractivity contribution in [3.63, 3.8) is 0 Å². The molecule has 1 aromatic heterocycles. The number of carboxylic acid groups (broad SMARTS) is 1. The Morgan fingerprint density at radius 1 is 1.64 bits per heavy atom. The van der Waals surface area contributed by atoms with E-state index in [4.69, 9.17) is 5.11 Å². The molecular weight excluding hydrogens is 202 g/mol. The Hall–Kier alpha value is -1.36. The molecule has 2 heterocycles. The Labute approximate surface area is 84.8 Å². The molecule has 0 unspecified atom stereocenters. The third-order valence-corrected chi connectivity index (χ3v) is 3.29. The minimum atomic E-state index is -1.01. The third kappa shape index (κ3) is 1.21. The van der Waals surface area contributed by atoms with Gasteiger partial charge >= 0.3 is 5.97 Å². The molecular formula is C9H9NO3S. The van der Waals surface area contributed by atoms with Gasteiger partial charge < -0.3 is 10.0 Å². The quantitative estimate of drug-likeness (QED) is 0.764. The molecule has 1 N–H and O–H groups in total. The van der Waals surface area contributed by atoms with Crippen LogP contribution in [0.15, 0.2) is 5.38 Å². The Balaban J connectivity index is 2.59. The zero-order valence-corrected chi connectivity index (χ0v) is 8.43. The first-order valence-electron chi connectivity index (χ1n) is 4.20. The van der Waals surface area contributed by atoms with Crippen LogP contribution in [0.5, 0.6) is 0 Å². The summed E-state index contributed by atoms with van der Waals surface area (Å²) >= 11 is 1.12. The molecule has 1 aromatic rings. The first kappa shape index (κ1) is 9.21. The van der Waals surface area contributed by atoms with Crippen LogP contribution in [-0.2, 0) is 0 Å². The fraction of sp³-hybridized carbons (Fsp3) is 0.333. The first-order chi connectivity index (χ1) is 6.61. The standard InChI is InChI=1S/C9H9NO3S/c1-10-3-2-6(11)7-5(10)4-14-8(7)9(12)13/h4H,2-3H2,1H3,(H,12,13). The van der Waals surface area contributed by atoms with Crippen LogP contribution in [0.1, 0.15) is 26.5 Å². The maximum atomic E-state index is 11.5. The molecule has 74 valence electrons. The second kappa shape index (κ2) is 3.09. The van der Waals surface area contributed by atoms with E-state index in [1.165, 1.54) is 0 Å². The summed E-state index contributed by atoms with van der Waals surface area (Å²) in [4.78, 5) is 24.4. The summed E-state index contributed by atoms with van der Waals surface area (Å²) in [5.41, 5.74) is 1.14. The number of thiophene rings is 1. The van der Waals surface area contributed by atoms with Gasteiger partial charge in [-0.25, -0.2) is 4.79 Å². The van der Waals surface area contributed by atoms with E-state index in [2.05, 4.69) is 0 Å². The summed E-state index contributed by atoms with van der Waals surface area (Å²) in [6.07, 6.45) is 0.403. The Bertz CT molecular complexity index is 410. The smallest absolute Gasteiger partial charge is 0.346 e. The van der Waals surface area contributed by atoms with E-state index in [-0.39, 0.29) is 10.7 Å². The molecule has 1 aliphatic rings. The largest absolute Gasteiger partial charge is 0.477 e.